The highest BCUT2D eigenvalue weighted by Gasteiger charge is 2.28. The van der Waals surface area contributed by atoms with Crippen LogP contribution in [0.1, 0.15) is 56.2 Å². The highest BCUT2D eigenvalue weighted by Crippen LogP contribution is 2.39. The van der Waals surface area contributed by atoms with Crippen molar-refractivity contribution < 1.29 is 9.53 Å². The second-order valence-electron chi connectivity index (χ2n) is 7.72. The molecule has 4 rings (SSSR count). The molecule has 0 spiro atoms. The molecule has 1 aromatic carbocycles. The lowest BCUT2D eigenvalue weighted by atomic mass is 9.95. The summed E-state index contributed by atoms with van der Waals surface area (Å²) in [6, 6.07) is 11.6. The Morgan fingerprint density at radius 3 is 2.74 bits per heavy atom. The number of aromatic nitrogens is 1. The Bertz CT molecular complexity index is 1240. The average molecular weight is 451 g/mol. The summed E-state index contributed by atoms with van der Waals surface area (Å²) >= 11 is 7.80. The summed E-state index contributed by atoms with van der Waals surface area (Å²) in [6.45, 7) is 4.04. The fraction of sp³-hybridized carbons (Fsp3) is 0.280. The van der Waals surface area contributed by atoms with Crippen LogP contribution in [0.4, 0.5) is 0 Å². The number of methoxy groups -OCH3 is 1. The Morgan fingerprint density at radius 1 is 1.26 bits per heavy atom. The minimum atomic E-state index is -0.282. The highest BCUT2D eigenvalue weighted by atomic mass is 35.5. The molecule has 0 atom stereocenters. The molecule has 0 bridgehead atoms. The van der Waals surface area contributed by atoms with Crippen molar-refractivity contribution in [2.24, 2.45) is 0 Å². The van der Waals surface area contributed by atoms with Gasteiger partial charge in [0.05, 0.1) is 24.3 Å². The zero-order valence-corrected chi connectivity index (χ0v) is 19.4. The molecule has 1 aliphatic carbocycles. The fourth-order valence-corrected chi connectivity index (χ4v) is 5.94. The van der Waals surface area contributed by atoms with Crippen LogP contribution in [0.15, 0.2) is 30.3 Å². The molecule has 0 fully saturated rings. The van der Waals surface area contributed by atoms with Gasteiger partial charge in [0.1, 0.15) is 5.00 Å². The van der Waals surface area contributed by atoms with E-state index in [-0.39, 0.29) is 5.97 Å². The second kappa shape index (κ2) is 8.74. The fourth-order valence-electron chi connectivity index (χ4n) is 4.26. The van der Waals surface area contributed by atoms with Gasteiger partial charge in [-0.3, -0.25) is 0 Å². The highest BCUT2D eigenvalue weighted by molar-refractivity contribution is 7.15. The smallest absolute Gasteiger partial charge is 0.341 e. The van der Waals surface area contributed by atoms with Gasteiger partial charge in [0, 0.05) is 21.3 Å². The third-order valence-corrected chi connectivity index (χ3v) is 7.28. The molecule has 6 heteroatoms. The maximum absolute atomic E-state index is 12.7. The van der Waals surface area contributed by atoms with Crippen molar-refractivity contribution in [1.29, 1.82) is 5.26 Å². The Kier molecular flexibility index (Phi) is 6.04. The average Bonchev–Trinajstić information content (AvgIpc) is 3.27. The Hall–Kier alpha value is -2.81. The molecule has 2 heterocycles. The maximum Gasteiger partial charge on any atom is 0.341 e. The first-order chi connectivity index (χ1) is 14.9. The first-order valence-corrected chi connectivity index (χ1v) is 11.4. The van der Waals surface area contributed by atoms with Crippen molar-refractivity contribution in [2.75, 3.05) is 7.11 Å². The molecule has 0 aliphatic heterocycles. The largest absolute Gasteiger partial charge is 0.465 e. The van der Waals surface area contributed by atoms with E-state index in [2.05, 4.69) is 16.7 Å². The third-order valence-electron chi connectivity index (χ3n) is 5.77. The van der Waals surface area contributed by atoms with Crippen molar-refractivity contribution in [2.45, 2.75) is 39.5 Å². The van der Waals surface area contributed by atoms with E-state index >= 15 is 0 Å². The molecule has 31 heavy (non-hydrogen) atoms. The van der Waals surface area contributed by atoms with Gasteiger partial charge in [-0.1, -0.05) is 23.7 Å². The zero-order valence-electron chi connectivity index (χ0n) is 17.8. The van der Waals surface area contributed by atoms with Crippen molar-refractivity contribution in [1.82, 2.24) is 4.57 Å². The van der Waals surface area contributed by atoms with Gasteiger partial charge in [-0.05, 0) is 80.5 Å². The van der Waals surface area contributed by atoms with Crippen molar-refractivity contribution in [3.05, 3.63) is 73.9 Å². The predicted octanol–water partition coefficient (Wildman–Crippen LogP) is 6.54. The SMILES string of the molecule is COC(=O)c1c(-n2c(C)cc(/C=C(/C#N)c3cccc(Cl)c3)c2C)sc2c1CCCC2. The zero-order chi connectivity index (χ0) is 22.1. The molecule has 3 aromatic rings. The van der Waals surface area contributed by atoms with E-state index < -0.39 is 0 Å². The number of carbonyl (C=O) groups excluding carboxylic acids is 1. The lowest BCUT2D eigenvalue weighted by Crippen LogP contribution is -2.11. The van der Waals surface area contributed by atoms with E-state index in [9.17, 15) is 10.1 Å². The number of ether oxygens (including phenoxy) is 1. The Labute approximate surface area is 191 Å². The van der Waals surface area contributed by atoms with Crippen molar-refractivity contribution in [3.8, 4) is 11.1 Å². The summed E-state index contributed by atoms with van der Waals surface area (Å²) in [5, 5.41) is 11.3. The monoisotopic (exact) mass is 450 g/mol. The van der Waals surface area contributed by atoms with E-state index in [1.165, 1.54) is 12.0 Å². The molecule has 0 amide bonds. The van der Waals surface area contributed by atoms with Gasteiger partial charge in [-0.25, -0.2) is 4.79 Å². The van der Waals surface area contributed by atoms with Crippen LogP contribution in [-0.2, 0) is 17.6 Å². The van der Waals surface area contributed by atoms with Gasteiger partial charge < -0.3 is 9.30 Å². The number of allylic oxidation sites excluding steroid dienone is 1. The number of thiophene rings is 1. The molecule has 1 aliphatic rings. The maximum atomic E-state index is 12.7. The first-order valence-electron chi connectivity index (χ1n) is 10.2. The number of halogens is 1. The number of hydrogen-bond acceptors (Lipinski definition) is 4. The topological polar surface area (TPSA) is 55.0 Å². The van der Waals surface area contributed by atoms with Crippen molar-refractivity contribution >= 4 is 40.6 Å². The predicted molar refractivity (Wildman–Crippen MR) is 126 cm³/mol. The van der Waals surface area contributed by atoms with Gasteiger partial charge in [-0.15, -0.1) is 11.3 Å². The van der Waals surface area contributed by atoms with Crippen LogP contribution in [0.2, 0.25) is 5.02 Å². The standard InChI is InChI=1S/C25H23ClN2O2S/c1-15-11-18(12-19(14-27)17-7-6-8-20(26)13-17)16(2)28(15)24-23(25(29)30-3)21-9-4-5-10-22(21)31-24/h6-8,11-13H,4-5,9-10H2,1-3H3/b19-12-. The Morgan fingerprint density at radius 2 is 2.03 bits per heavy atom. The molecule has 0 unspecified atom stereocenters. The number of nitriles is 1. The summed E-state index contributed by atoms with van der Waals surface area (Å²) in [5.74, 6) is -0.282. The molecule has 0 radical (unpaired) electrons. The second-order valence-corrected chi connectivity index (χ2v) is 9.24. The van der Waals surface area contributed by atoms with Crippen LogP contribution in [-0.4, -0.2) is 17.6 Å². The molecule has 0 saturated heterocycles. The van der Waals surface area contributed by atoms with Gasteiger partial charge in [0.25, 0.3) is 0 Å². The molecule has 0 N–H and O–H groups in total. The van der Waals surface area contributed by atoms with Gasteiger partial charge in [-0.2, -0.15) is 5.26 Å². The molecule has 158 valence electrons. The quantitative estimate of drug-likeness (QED) is 0.335. The van der Waals surface area contributed by atoms with Gasteiger partial charge in [0.2, 0.25) is 0 Å². The normalized spacial score (nSPS) is 13.6. The van der Waals surface area contributed by atoms with Crippen LogP contribution in [0.5, 0.6) is 0 Å². The Balaban J connectivity index is 1.86. The summed E-state index contributed by atoms with van der Waals surface area (Å²) in [6.07, 6.45) is 6.04. The number of esters is 1. The summed E-state index contributed by atoms with van der Waals surface area (Å²) < 4.78 is 7.27. The molecule has 0 saturated carbocycles. The summed E-state index contributed by atoms with van der Waals surface area (Å²) in [5.41, 5.74) is 6.08. The number of hydrogen-bond donors (Lipinski definition) is 0. The number of fused-ring (bicyclic) bond motifs is 1. The number of aryl methyl sites for hydroxylation is 2. The lowest BCUT2D eigenvalue weighted by Gasteiger charge is -2.12. The third kappa shape index (κ3) is 3.94. The van der Waals surface area contributed by atoms with Crippen LogP contribution >= 0.6 is 22.9 Å². The first kappa shape index (κ1) is 21.4. The van der Waals surface area contributed by atoms with E-state index in [1.807, 2.05) is 32.1 Å². The van der Waals surface area contributed by atoms with Crippen LogP contribution in [0.3, 0.4) is 0 Å². The van der Waals surface area contributed by atoms with Gasteiger partial charge in [0.15, 0.2) is 0 Å². The molecular weight excluding hydrogens is 428 g/mol. The van der Waals surface area contributed by atoms with Crippen LogP contribution in [0, 0.1) is 25.2 Å². The van der Waals surface area contributed by atoms with E-state index in [4.69, 9.17) is 16.3 Å². The minimum absolute atomic E-state index is 0.282. The van der Waals surface area contributed by atoms with E-state index in [0.717, 1.165) is 58.8 Å². The number of nitrogens with zero attached hydrogens (tertiary/aromatic N) is 2. The van der Waals surface area contributed by atoms with E-state index in [1.54, 1.807) is 23.5 Å². The molecule has 2 aromatic heterocycles. The van der Waals surface area contributed by atoms with Gasteiger partial charge >= 0.3 is 5.97 Å². The summed E-state index contributed by atoms with van der Waals surface area (Å²) in [4.78, 5) is 14.0. The molecular formula is C25H23ClN2O2S. The number of benzene rings is 1. The lowest BCUT2D eigenvalue weighted by molar-refractivity contribution is 0.0600. The minimum Gasteiger partial charge on any atom is -0.465 e. The van der Waals surface area contributed by atoms with Crippen molar-refractivity contribution in [3.63, 3.8) is 0 Å². The van der Waals surface area contributed by atoms with Crippen LogP contribution in [0.25, 0.3) is 16.7 Å². The molecule has 4 nitrogen and oxygen atoms in total. The number of rotatable bonds is 4. The number of carbonyl (C=O) groups is 1. The van der Waals surface area contributed by atoms with Crippen LogP contribution < -0.4 is 0 Å². The van der Waals surface area contributed by atoms with E-state index in [0.29, 0.717) is 16.2 Å². The summed E-state index contributed by atoms with van der Waals surface area (Å²) in [7, 11) is 1.44.